The van der Waals surface area contributed by atoms with Gasteiger partial charge < -0.3 is 15.0 Å². The van der Waals surface area contributed by atoms with Crippen LogP contribution in [0.15, 0.2) is 6.20 Å². The number of halogens is 2. The van der Waals surface area contributed by atoms with E-state index in [1.54, 1.807) is 6.20 Å². The maximum atomic E-state index is 11.7. The van der Waals surface area contributed by atoms with Gasteiger partial charge in [0.15, 0.2) is 0 Å². The minimum Gasteiger partial charge on any atom is -0.444 e. The minimum absolute atomic E-state index is 0.272. The number of piperidine rings is 1. The average Bonchev–Trinajstić information content (AvgIpc) is 2.46. The van der Waals surface area contributed by atoms with E-state index < -0.39 is 5.60 Å². The van der Waals surface area contributed by atoms with E-state index in [2.05, 4.69) is 42.8 Å². The fourth-order valence-electron chi connectivity index (χ4n) is 2.45. The largest absolute Gasteiger partial charge is 0.444 e. The first-order valence-electron chi connectivity index (χ1n) is 7.64. The molecule has 6 nitrogen and oxygen atoms in total. The zero-order chi connectivity index (χ0) is 17.0. The van der Waals surface area contributed by atoms with Crippen molar-refractivity contribution in [1.82, 2.24) is 15.3 Å². The molecule has 1 aromatic heterocycles. The molecule has 23 heavy (non-hydrogen) atoms. The van der Waals surface area contributed by atoms with Crippen LogP contribution in [-0.4, -0.2) is 41.3 Å². The van der Waals surface area contributed by atoms with Crippen LogP contribution in [0.1, 0.15) is 33.6 Å². The van der Waals surface area contributed by atoms with E-state index in [0.717, 1.165) is 35.3 Å². The molecule has 1 aliphatic heterocycles. The van der Waals surface area contributed by atoms with Crippen LogP contribution in [0, 0.1) is 9.49 Å². The van der Waals surface area contributed by atoms with Crippen molar-refractivity contribution in [3.63, 3.8) is 0 Å². The Labute approximate surface area is 155 Å². The third-order valence-corrected chi connectivity index (χ3v) is 4.49. The van der Waals surface area contributed by atoms with Crippen LogP contribution >= 0.6 is 34.2 Å². The van der Waals surface area contributed by atoms with E-state index in [4.69, 9.17) is 16.3 Å². The van der Waals surface area contributed by atoms with Crippen molar-refractivity contribution in [2.24, 2.45) is 5.92 Å². The number of rotatable bonds is 3. The Morgan fingerprint density at radius 1 is 1.48 bits per heavy atom. The average molecular weight is 453 g/mol. The van der Waals surface area contributed by atoms with Crippen molar-refractivity contribution >= 4 is 46.1 Å². The molecule has 0 bridgehead atoms. The number of nitrogens with zero attached hydrogens (tertiary/aromatic N) is 3. The molecule has 1 aromatic rings. The molecule has 0 radical (unpaired) electrons. The summed E-state index contributed by atoms with van der Waals surface area (Å²) in [6, 6.07) is 0. The summed E-state index contributed by atoms with van der Waals surface area (Å²) in [6.45, 7) is 8.01. The monoisotopic (exact) mass is 452 g/mol. The quantitative estimate of drug-likeness (QED) is 0.562. The first-order chi connectivity index (χ1) is 10.7. The summed E-state index contributed by atoms with van der Waals surface area (Å²) in [5.74, 6) is 1.35. The molecule has 8 heteroatoms. The van der Waals surface area contributed by atoms with Crippen LogP contribution in [0.25, 0.3) is 0 Å². The number of hydrogen-bond donors (Lipinski definition) is 1. The Hall–Kier alpha value is -0.830. The Morgan fingerprint density at radius 2 is 2.13 bits per heavy atom. The molecule has 128 valence electrons. The molecule has 0 saturated carbocycles. The predicted molar refractivity (Wildman–Crippen MR) is 98.9 cm³/mol. The summed E-state index contributed by atoms with van der Waals surface area (Å²) < 4.78 is 6.25. The van der Waals surface area contributed by atoms with Gasteiger partial charge in [-0.15, -0.1) is 0 Å². The third-order valence-electron chi connectivity index (χ3n) is 3.54. The van der Waals surface area contributed by atoms with E-state index in [1.807, 2.05) is 20.8 Å². The van der Waals surface area contributed by atoms with E-state index in [-0.39, 0.29) is 11.4 Å². The Kier molecular flexibility index (Phi) is 6.30. The van der Waals surface area contributed by atoms with Gasteiger partial charge in [0.2, 0.25) is 5.28 Å². The van der Waals surface area contributed by atoms with Crippen molar-refractivity contribution in [1.29, 1.82) is 0 Å². The minimum atomic E-state index is -0.462. The molecule has 1 saturated heterocycles. The molecule has 1 amide bonds. The van der Waals surface area contributed by atoms with Crippen LogP contribution in [0.4, 0.5) is 10.6 Å². The highest BCUT2D eigenvalue weighted by Gasteiger charge is 2.23. The fourth-order valence-corrected chi connectivity index (χ4v) is 3.18. The summed E-state index contributed by atoms with van der Waals surface area (Å²) in [5.41, 5.74) is -0.462. The smallest absolute Gasteiger partial charge is 0.407 e. The standard InChI is InChI=1S/C15H22ClIN4O2/c1-15(2,3)23-14(22)19-8-10-4-6-21(7-5-10)12-11(17)9-18-13(16)20-12/h9-10H,4-8H2,1-3H3,(H,19,22). The Morgan fingerprint density at radius 3 is 2.74 bits per heavy atom. The molecule has 2 heterocycles. The van der Waals surface area contributed by atoms with Gasteiger partial charge in [0.1, 0.15) is 11.4 Å². The second kappa shape index (κ2) is 7.83. The Bertz CT molecular complexity index is 557. The van der Waals surface area contributed by atoms with Crippen LogP contribution in [0.5, 0.6) is 0 Å². The fraction of sp³-hybridized carbons (Fsp3) is 0.667. The molecule has 0 spiro atoms. The van der Waals surface area contributed by atoms with Gasteiger partial charge in [0.25, 0.3) is 0 Å². The number of hydrogen-bond acceptors (Lipinski definition) is 5. The highest BCUT2D eigenvalue weighted by Crippen LogP contribution is 2.26. The first kappa shape index (κ1) is 18.5. The SMILES string of the molecule is CC(C)(C)OC(=O)NCC1CCN(c2nc(Cl)ncc2I)CC1. The normalized spacial score (nSPS) is 16.3. The number of amides is 1. The number of anilines is 1. The first-order valence-corrected chi connectivity index (χ1v) is 9.10. The lowest BCUT2D eigenvalue weighted by atomic mass is 9.97. The molecule has 1 fully saturated rings. The van der Waals surface area contributed by atoms with Gasteiger partial charge >= 0.3 is 6.09 Å². The molecule has 0 aromatic carbocycles. The topological polar surface area (TPSA) is 67.3 Å². The number of carbonyl (C=O) groups excluding carboxylic acids is 1. The lowest BCUT2D eigenvalue weighted by Gasteiger charge is -2.33. The molecule has 1 aliphatic rings. The molecule has 0 atom stereocenters. The summed E-state index contributed by atoms with van der Waals surface area (Å²) >= 11 is 8.11. The van der Waals surface area contributed by atoms with Crippen molar-refractivity contribution in [3.05, 3.63) is 15.1 Å². The maximum absolute atomic E-state index is 11.7. The summed E-state index contributed by atoms with van der Waals surface area (Å²) in [7, 11) is 0. The van der Waals surface area contributed by atoms with Gasteiger partial charge in [0, 0.05) is 25.8 Å². The molecule has 0 aliphatic carbocycles. The maximum Gasteiger partial charge on any atom is 0.407 e. The van der Waals surface area contributed by atoms with E-state index in [0.29, 0.717) is 12.5 Å². The van der Waals surface area contributed by atoms with Crippen molar-refractivity contribution in [3.8, 4) is 0 Å². The van der Waals surface area contributed by atoms with Crippen LogP contribution < -0.4 is 10.2 Å². The number of aromatic nitrogens is 2. The van der Waals surface area contributed by atoms with E-state index >= 15 is 0 Å². The second-order valence-corrected chi connectivity index (χ2v) is 8.12. The highest BCUT2D eigenvalue weighted by molar-refractivity contribution is 14.1. The summed E-state index contributed by atoms with van der Waals surface area (Å²) in [6.07, 6.45) is 3.37. The summed E-state index contributed by atoms with van der Waals surface area (Å²) in [5, 5.41) is 3.13. The lowest BCUT2D eigenvalue weighted by Crippen LogP contribution is -2.40. The lowest BCUT2D eigenvalue weighted by molar-refractivity contribution is 0.0517. The van der Waals surface area contributed by atoms with Gasteiger partial charge in [0.05, 0.1) is 3.57 Å². The zero-order valence-electron chi connectivity index (χ0n) is 13.6. The third kappa shape index (κ3) is 5.95. The predicted octanol–water partition coefficient (Wildman–Crippen LogP) is 3.48. The van der Waals surface area contributed by atoms with Gasteiger partial charge in [-0.05, 0) is 73.7 Å². The highest BCUT2D eigenvalue weighted by atomic mass is 127. The van der Waals surface area contributed by atoms with Crippen molar-refractivity contribution < 1.29 is 9.53 Å². The van der Waals surface area contributed by atoms with Crippen molar-refractivity contribution in [2.75, 3.05) is 24.5 Å². The zero-order valence-corrected chi connectivity index (χ0v) is 16.5. The van der Waals surface area contributed by atoms with E-state index in [9.17, 15) is 4.79 Å². The molecular weight excluding hydrogens is 431 g/mol. The van der Waals surface area contributed by atoms with Gasteiger partial charge in [-0.1, -0.05) is 0 Å². The molecule has 2 rings (SSSR count). The van der Waals surface area contributed by atoms with Crippen LogP contribution in [-0.2, 0) is 4.74 Å². The van der Waals surface area contributed by atoms with Crippen molar-refractivity contribution in [2.45, 2.75) is 39.2 Å². The number of alkyl carbamates (subject to hydrolysis) is 1. The van der Waals surface area contributed by atoms with Gasteiger partial charge in [-0.2, -0.15) is 4.98 Å². The summed E-state index contributed by atoms with van der Waals surface area (Å²) in [4.78, 5) is 22.2. The van der Waals surface area contributed by atoms with Gasteiger partial charge in [-0.3, -0.25) is 0 Å². The molecular formula is C15H22ClIN4O2. The second-order valence-electron chi connectivity index (χ2n) is 6.62. The van der Waals surface area contributed by atoms with E-state index in [1.165, 1.54) is 0 Å². The van der Waals surface area contributed by atoms with Crippen LogP contribution in [0.2, 0.25) is 5.28 Å². The number of ether oxygens (including phenoxy) is 1. The molecule has 1 N–H and O–H groups in total. The number of nitrogens with one attached hydrogen (secondary N) is 1. The Balaban J connectivity index is 1.80. The van der Waals surface area contributed by atoms with Gasteiger partial charge in [-0.25, -0.2) is 9.78 Å². The number of carbonyl (C=O) groups is 1. The van der Waals surface area contributed by atoms with Crippen LogP contribution in [0.3, 0.4) is 0 Å². The molecule has 0 unspecified atom stereocenters.